The predicted molar refractivity (Wildman–Crippen MR) is 150 cm³/mol. The number of phenolic OH excluding ortho intramolecular Hbond substituents is 8. The van der Waals surface area contributed by atoms with Crippen molar-refractivity contribution in [1.82, 2.24) is 0 Å². The molecule has 4 aromatic carbocycles. The van der Waals surface area contributed by atoms with E-state index >= 15 is 0 Å². The quantitative estimate of drug-likeness (QED) is 0.0882. The van der Waals surface area contributed by atoms with Gasteiger partial charge in [-0.05, 0) is 0 Å². The van der Waals surface area contributed by atoms with Gasteiger partial charge in [-0.3, -0.25) is 9.11 Å². The van der Waals surface area contributed by atoms with Crippen molar-refractivity contribution in [2.24, 2.45) is 0 Å². The van der Waals surface area contributed by atoms with E-state index in [2.05, 4.69) is 0 Å². The summed E-state index contributed by atoms with van der Waals surface area (Å²) in [5, 5.41) is 76.2. The zero-order chi connectivity index (χ0) is 36.0. The minimum atomic E-state index is -5.44. The number of phenols is 8. The van der Waals surface area contributed by atoms with Gasteiger partial charge in [0, 0.05) is 36.4 Å². The fourth-order valence-electron chi connectivity index (χ4n) is 4.37. The molecule has 0 radical (unpaired) electrons. The van der Waals surface area contributed by atoms with Crippen LogP contribution in [0.25, 0.3) is 0 Å². The van der Waals surface area contributed by atoms with Gasteiger partial charge in [0.15, 0.2) is 67.3 Å². The van der Waals surface area contributed by atoms with Crippen LogP contribution in [0.3, 0.4) is 0 Å². The van der Waals surface area contributed by atoms with Gasteiger partial charge in [-0.15, -0.1) is 0 Å². The minimum absolute atomic E-state index is 0.183. The summed E-state index contributed by atoms with van der Waals surface area (Å²) < 4.78 is 125. The summed E-state index contributed by atoms with van der Waals surface area (Å²) in [6.45, 7) is 0. The lowest BCUT2D eigenvalue weighted by Crippen LogP contribution is -2.17. The highest BCUT2D eigenvalue weighted by Crippen LogP contribution is 2.55. The number of hydrogen-bond donors (Lipinski definition) is 10. The normalized spacial score (nSPS) is 15.2. The maximum atomic E-state index is 12.8. The first-order chi connectivity index (χ1) is 21.9. The summed E-state index contributed by atoms with van der Waals surface area (Å²) in [5.41, 5.74) is 0. The summed E-state index contributed by atoms with van der Waals surface area (Å²) in [7, 11) is -19.9. The molecule has 6 rings (SSSR count). The Balaban J connectivity index is 0.000000198. The summed E-state index contributed by atoms with van der Waals surface area (Å²) >= 11 is 0. The molecule has 0 unspecified atom stereocenters. The third-order valence-electron chi connectivity index (χ3n) is 6.49. The molecule has 48 heavy (non-hydrogen) atoms. The lowest BCUT2D eigenvalue weighted by molar-refractivity contribution is 0.349. The molecule has 4 aromatic rings. The van der Waals surface area contributed by atoms with E-state index in [1.54, 1.807) is 0 Å². The van der Waals surface area contributed by atoms with Crippen LogP contribution in [0.5, 0.6) is 69.0 Å². The van der Waals surface area contributed by atoms with E-state index in [1.165, 1.54) is 0 Å². The molecule has 0 spiro atoms. The van der Waals surface area contributed by atoms with Crippen molar-refractivity contribution in [3.8, 4) is 69.0 Å². The zero-order valence-electron chi connectivity index (χ0n) is 22.7. The Bertz CT molecular complexity index is 2390. The van der Waals surface area contributed by atoms with Gasteiger partial charge in [0.05, 0.1) is 0 Å². The highest BCUT2D eigenvalue weighted by molar-refractivity contribution is 7.92. The number of hydrogen-bond acceptors (Lipinski definition) is 18. The summed E-state index contributed by atoms with van der Waals surface area (Å²) in [4.78, 5) is -6.18. The summed E-state index contributed by atoms with van der Waals surface area (Å²) in [6, 6.07) is 4.30. The lowest BCUT2D eigenvalue weighted by atomic mass is 10.2. The minimum Gasteiger partial charge on any atom is -0.504 e. The monoisotopic (exact) mass is 752 g/mol. The molecule has 2 aliphatic heterocycles. The van der Waals surface area contributed by atoms with Crippen LogP contribution < -0.4 is 9.47 Å². The van der Waals surface area contributed by atoms with Gasteiger partial charge in [0.1, 0.15) is 31.1 Å². The maximum absolute atomic E-state index is 12.8. The van der Waals surface area contributed by atoms with Gasteiger partial charge < -0.3 is 50.3 Å². The van der Waals surface area contributed by atoms with Crippen LogP contribution in [-0.4, -0.2) is 83.6 Å². The second-order valence-electron chi connectivity index (χ2n) is 9.54. The van der Waals surface area contributed by atoms with Crippen molar-refractivity contribution < 1.29 is 93.1 Å². The number of sulfone groups is 2. The lowest BCUT2D eigenvalue weighted by Gasteiger charge is -2.24. The van der Waals surface area contributed by atoms with Crippen molar-refractivity contribution in [3.05, 3.63) is 36.4 Å². The van der Waals surface area contributed by atoms with E-state index in [0.29, 0.717) is 12.1 Å². The van der Waals surface area contributed by atoms with Crippen molar-refractivity contribution in [2.45, 2.75) is 29.4 Å². The van der Waals surface area contributed by atoms with Crippen molar-refractivity contribution in [1.29, 1.82) is 0 Å². The van der Waals surface area contributed by atoms with Crippen LogP contribution in [-0.2, 0) is 39.9 Å². The Labute approximate surface area is 267 Å². The Morgan fingerprint density at radius 1 is 0.438 bits per heavy atom. The van der Waals surface area contributed by atoms with Crippen LogP contribution in [0.1, 0.15) is 0 Å². The average Bonchev–Trinajstić information content (AvgIpc) is 2.93. The SMILES string of the molecule is O=S(=O)(O)c1c(O)c(O)cc2c1Oc1c(cc(O)c(O)c1S(=O)(=O)O)S2(=O)=O.O=S1(=O)c2cc(O)c(O)cc2Oc2cc(O)c(O)cc21. The fourth-order valence-corrected chi connectivity index (χ4v) is 9.02. The number of aromatic hydroxyl groups is 8. The molecule has 0 bridgehead atoms. The summed E-state index contributed by atoms with van der Waals surface area (Å²) in [6.07, 6.45) is 0. The Morgan fingerprint density at radius 3 is 1.06 bits per heavy atom. The van der Waals surface area contributed by atoms with Crippen LogP contribution >= 0.6 is 0 Å². The molecule has 0 saturated heterocycles. The van der Waals surface area contributed by atoms with Crippen LogP contribution in [0.4, 0.5) is 0 Å². The van der Waals surface area contributed by atoms with Crippen LogP contribution in [0.2, 0.25) is 0 Å². The first-order valence-corrected chi connectivity index (χ1v) is 17.8. The molecule has 0 amide bonds. The molecule has 2 aliphatic rings. The number of rotatable bonds is 2. The third-order valence-corrected chi connectivity index (χ3v) is 11.8. The first-order valence-electron chi connectivity index (χ1n) is 12.0. The van der Waals surface area contributed by atoms with Crippen molar-refractivity contribution in [2.75, 3.05) is 0 Å². The average molecular weight is 753 g/mol. The van der Waals surface area contributed by atoms with Crippen molar-refractivity contribution >= 4 is 39.9 Å². The van der Waals surface area contributed by atoms with Crippen LogP contribution in [0, 0.1) is 0 Å². The first kappa shape index (κ1) is 33.9. The van der Waals surface area contributed by atoms with E-state index in [0.717, 1.165) is 24.3 Å². The molecular weight excluding hydrogens is 737 g/mol. The summed E-state index contributed by atoms with van der Waals surface area (Å²) in [5.74, 6) is -10.9. The topological polar surface area (TPSA) is 357 Å². The van der Waals surface area contributed by atoms with Crippen molar-refractivity contribution in [3.63, 3.8) is 0 Å². The van der Waals surface area contributed by atoms with E-state index in [4.69, 9.17) is 9.47 Å². The molecule has 0 aromatic heterocycles. The van der Waals surface area contributed by atoms with E-state index in [9.17, 15) is 83.6 Å². The molecule has 0 fully saturated rings. The number of benzene rings is 4. The highest BCUT2D eigenvalue weighted by atomic mass is 32.2. The molecule has 20 nitrogen and oxygen atoms in total. The van der Waals surface area contributed by atoms with Gasteiger partial charge in [-0.25, -0.2) is 16.8 Å². The molecule has 0 saturated carbocycles. The smallest absolute Gasteiger partial charge is 0.302 e. The molecular formula is C24H16O20S4. The number of ether oxygens (including phenoxy) is 2. The molecule has 2 heterocycles. The Kier molecular flexibility index (Phi) is 7.47. The molecule has 256 valence electrons. The fraction of sp³-hybridized carbons (Fsp3) is 0. The highest BCUT2D eigenvalue weighted by Gasteiger charge is 2.43. The predicted octanol–water partition coefficient (Wildman–Crippen LogP) is 1.39. The van der Waals surface area contributed by atoms with E-state index in [1.807, 2.05) is 0 Å². The second-order valence-corrected chi connectivity index (χ2v) is 16.0. The third kappa shape index (κ3) is 5.20. The molecule has 10 N–H and O–H groups in total. The number of fused-ring (bicyclic) bond motifs is 4. The van der Waals surface area contributed by atoms with Gasteiger partial charge in [-0.1, -0.05) is 0 Å². The molecule has 0 aliphatic carbocycles. The van der Waals surface area contributed by atoms with Gasteiger partial charge >= 0.3 is 20.2 Å². The Morgan fingerprint density at radius 2 is 0.729 bits per heavy atom. The molecule has 0 atom stereocenters. The van der Waals surface area contributed by atoms with Gasteiger partial charge in [-0.2, -0.15) is 16.8 Å². The van der Waals surface area contributed by atoms with Gasteiger partial charge in [0.2, 0.25) is 19.7 Å². The van der Waals surface area contributed by atoms with E-state index in [-0.39, 0.29) is 21.3 Å². The zero-order valence-corrected chi connectivity index (χ0v) is 25.9. The maximum Gasteiger partial charge on any atom is 0.302 e. The molecule has 24 heteroatoms. The van der Waals surface area contributed by atoms with E-state index < -0.39 is 117 Å². The standard InChI is InChI=1S/C12H8O13S3.C12H8O7S/c13-3-1-5-9(11(7(3)15)27(19,20)21)25-10-6(26(5,17)18)2-4(14)8(16)12(10)28(22,23)24;13-5-1-9-11(3-7(5)15)20(17,18)12-4-8(16)6(14)2-10(12)19-9/h1-2,13-16H,(H,19,20,21)(H,22,23,24);1-4,13-16H. The largest absolute Gasteiger partial charge is 0.504 e. The van der Waals surface area contributed by atoms with Gasteiger partial charge in [0.25, 0.3) is 0 Å². The second kappa shape index (κ2) is 10.6. The van der Waals surface area contributed by atoms with Crippen LogP contribution in [0.15, 0.2) is 65.8 Å². The Hall–Kier alpha value is -5.40.